The van der Waals surface area contributed by atoms with E-state index >= 15 is 0 Å². The van der Waals surface area contributed by atoms with Gasteiger partial charge >= 0.3 is 0 Å². The first-order chi connectivity index (χ1) is 7.72. The lowest BCUT2D eigenvalue weighted by atomic mass is 9.97. The molecule has 1 aliphatic rings. The molecule has 1 aliphatic carbocycles. The van der Waals surface area contributed by atoms with Gasteiger partial charge in [0.15, 0.2) is 0 Å². The highest BCUT2D eigenvalue weighted by Gasteiger charge is 2.06. The van der Waals surface area contributed by atoms with Gasteiger partial charge in [-0.15, -0.1) is 0 Å². The number of aliphatic imine (C=N–C) groups is 1. The van der Waals surface area contributed by atoms with E-state index in [2.05, 4.69) is 47.5 Å². The molecule has 1 atom stereocenters. The maximum atomic E-state index is 4.01. The van der Waals surface area contributed by atoms with E-state index in [-0.39, 0.29) is 0 Å². The average molecular weight is 221 g/mol. The molecule has 1 N–H and O–H groups in total. The zero-order chi connectivity index (χ0) is 11.8. The summed E-state index contributed by atoms with van der Waals surface area (Å²) in [6.45, 7) is 3.22. The van der Waals surface area contributed by atoms with E-state index in [1.54, 1.807) is 0 Å². The Morgan fingerprint density at radius 2 is 2.38 bits per heavy atom. The molecule has 16 heavy (non-hydrogen) atoms. The third kappa shape index (κ3) is 5.24. The van der Waals surface area contributed by atoms with Crippen LogP contribution in [0.5, 0.6) is 0 Å². The Morgan fingerprint density at radius 3 is 2.94 bits per heavy atom. The Hall–Kier alpha value is -0.930. The first-order valence-electron chi connectivity index (χ1n) is 5.88. The highest BCUT2D eigenvalue weighted by atomic mass is 15.1. The van der Waals surface area contributed by atoms with Crippen molar-refractivity contribution >= 4 is 6.21 Å². The third-order valence-corrected chi connectivity index (χ3v) is 2.64. The number of nitrogens with zero attached hydrogens (tertiary/aromatic N) is 2. The van der Waals surface area contributed by atoms with Crippen LogP contribution in [0.25, 0.3) is 0 Å². The molecule has 0 saturated heterocycles. The largest absolute Gasteiger partial charge is 0.315 e. The molecule has 90 valence electrons. The Morgan fingerprint density at radius 1 is 1.56 bits per heavy atom. The fourth-order valence-electron chi connectivity index (χ4n) is 1.67. The zero-order valence-corrected chi connectivity index (χ0v) is 10.6. The second-order valence-corrected chi connectivity index (χ2v) is 4.45. The van der Waals surface area contributed by atoms with Crippen molar-refractivity contribution in [3.63, 3.8) is 0 Å². The van der Waals surface area contributed by atoms with Gasteiger partial charge in [0.05, 0.1) is 0 Å². The fraction of sp³-hybridized carbons (Fsp3) is 0.615. The van der Waals surface area contributed by atoms with Crippen LogP contribution in [0.4, 0.5) is 0 Å². The Kier molecular flexibility index (Phi) is 6.04. The van der Waals surface area contributed by atoms with Crippen LogP contribution in [-0.4, -0.2) is 51.9 Å². The second kappa shape index (κ2) is 7.36. The zero-order valence-electron chi connectivity index (χ0n) is 10.6. The van der Waals surface area contributed by atoms with Gasteiger partial charge in [0, 0.05) is 32.9 Å². The minimum absolute atomic E-state index is 0.635. The van der Waals surface area contributed by atoms with Gasteiger partial charge in [-0.3, -0.25) is 4.99 Å². The molecule has 3 heteroatoms. The molecule has 1 rings (SSSR count). The number of rotatable bonds is 6. The van der Waals surface area contributed by atoms with Crippen molar-refractivity contribution in [1.82, 2.24) is 10.2 Å². The van der Waals surface area contributed by atoms with Crippen LogP contribution in [0.1, 0.15) is 6.42 Å². The van der Waals surface area contributed by atoms with Crippen molar-refractivity contribution in [1.29, 1.82) is 0 Å². The van der Waals surface area contributed by atoms with Gasteiger partial charge in [-0.2, -0.15) is 0 Å². The van der Waals surface area contributed by atoms with Crippen molar-refractivity contribution in [3.05, 3.63) is 23.8 Å². The van der Waals surface area contributed by atoms with Crippen LogP contribution in [0, 0.1) is 5.92 Å². The lowest BCUT2D eigenvalue weighted by Gasteiger charge is -2.16. The Bertz CT molecular complexity index is 277. The summed E-state index contributed by atoms with van der Waals surface area (Å²) in [6.07, 6.45) is 9.72. The molecule has 0 aromatic rings. The SMILES string of the molecule is CN=CC1=CCC(CNCCN(C)C)C=C1. The monoisotopic (exact) mass is 221 g/mol. The first kappa shape index (κ1) is 13.1. The van der Waals surface area contributed by atoms with Gasteiger partial charge in [0.25, 0.3) is 0 Å². The summed E-state index contributed by atoms with van der Waals surface area (Å²) in [4.78, 5) is 6.21. The van der Waals surface area contributed by atoms with E-state index in [4.69, 9.17) is 0 Å². The number of nitrogens with one attached hydrogen (secondary N) is 1. The number of hydrogen-bond donors (Lipinski definition) is 1. The lowest BCUT2D eigenvalue weighted by Crippen LogP contribution is -2.30. The molecular formula is C13H23N3. The van der Waals surface area contributed by atoms with Gasteiger partial charge in [-0.05, 0) is 32.0 Å². The predicted octanol–water partition coefficient (Wildman–Crippen LogP) is 1.34. The van der Waals surface area contributed by atoms with E-state index in [0.717, 1.165) is 26.1 Å². The van der Waals surface area contributed by atoms with E-state index in [1.807, 2.05) is 13.3 Å². The molecule has 0 aromatic carbocycles. The number of allylic oxidation sites excluding steroid dienone is 3. The van der Waals surface area contributed by atoms with Gasteiger partial charge in [0.2, 0.25) is 0 Å². The molecule has 0 amide bonds. The molecule has 0 aliphatic heterocycles. The lowest BCUT2D eigenvalue weighted by molar-refractivity contribution is 0.394. The van der Waals surface area contributed by atoms with Crippen molar-refractivity contribution in [2.45, 2.75) is 6.42 Å². The van der Waals surface area contributed by atoms with Gasteiger partial charge in [-0.1, -0.05) is 18.2 Å². The minimum atomic E-state index is 0.635. The summed E-state index contributed by atoms with van der Waals surface area (Å²) in [6, 6.07) is 0. The summed E-state index contributed by atoms with van der Waals surface area (Å²) in [5.74, 6) is 0.635. The minimum Gasteiger partial charge on any atom is -0.315 e. The van der Waals surface area contributed by atoms with Crippen molar-refractivity contribution < 1.29 is 0 Å². The van der Waals surface area contributed by atoms with Crippen molar-refractivity contribution in [2.24, 2.45) is 10.9 Å². The van der Waals surface area contributed by atoms with Crippen LogP contribution in [0.15, 0.2) is 28.8 Å². The smallest absolute Gasteiger partial charge is 0.0278 e. The summed E-state index contributed by atoms with van der Waals surface area (Å²) in [7, 11) is 6.01. The average Bonchev–Trinajstić information content (AvgIpc) is 2.27. The third-order valence-electron chi connectivity index (χ3n) is 2.64. The van der Waals surface area contributed by atoms with Crippen LogP contribution in [0.2, 0.25) is 0 Å². The molecule has 3 nitrogen and oxygen atoms in total. The summed E-state index contributed by atoms with van der Waals surface area (Å²) >= 11 is 0. The number of hydrogen-bond acceptors (Lipinski definition) is 3. The second-order valence-electron chi connectivity index (χ2n) is 4.45. The quantitative estimate of drug-likeness (QED) is 0.541. The maximum Gasteiger partial charge on any atom is 0.0278 e. The molecule has 1 unspecified atom stereocenters. The van der Waals surface area contributed by atoms with Gasteiger partial charge < -0.3 is 10.2 Å². The molecule has 0 saturated carbocycles. The highest BCUT2D eigenvalue weighted by molar-refractivity contribution is 5.82. The van der Waals surface area contributed by atoms with E-state index in [1.165, 1.54) is 5.57 Å². The molecule has 0 aromatic heterocycles. The normalized spacial score (nSPS) is 20.8. The van der Waals surface area contributed by atoms with Gasteiger partial charge in [0.1, 0.15) is 0 Å². The first-order valence-corrected chi connectivity index (χ1v) is 5.88. The standard InChI is InChI=1S/C13H23N3/c1-14-10-12-4-6-13(7-5-12)11-15-8-9-16(2)3/h4-6,10,13,15H,7-9,11H2,1-3H3. The van der Waals surface area contributed by atoms with Gasteiger partial charge in [-0.25, -0.2) is 0 Å². The van der Waals surface area contributed by atoms with Crippen molar-refractivity contribution in [3.8, 4) is 0 Å². The topological polar surface area (TPSA) is 27.6 Å². The Labute approximate surface area is 98.9 Å². The number of likely N-dealkylation sites (N-methyl/N-ethyl adjacent to an activating group) is 1. The Balaban J connectivity index is 2.16. The molecule has 0 spiro atoms. The molecule has 0 fully saturated rings. The summed E-state index contributed by atoms with van der Waals surface area (Å²) in [5.41, 5.74) is 1.23. The van der Waals surface area contributed by atoms with Crippen LogP contribution in [0.3, 0.4) is 0 Å². The van der Waals surface area contributed by atoms with E-state index in [0.29, 0.717) is 5.92 Å². The van der Waals surface area contributed by atoms with Crippen LogP contribution >= 0.6 is 0 Å². The predicted molar refractivity (Wildman–Crippen MR) is 71.2 cm³/mol. The van der Waals surface area contributed by atoms with E-state index < -0.39 is 0 Å². The molecule has 0 heterocycles. The fourth-order valence-corrected chi connectivity index (χ4v) is 1.67. The van der Waals surface area contributed by atoms with E-state index in [9.17, 15) is 0 Å². The van der Waals surface area contributed by atoms with Crippen molar-refractivity contribution in [2.75, 3.05) is 40.8 Å². The maximum absolute atomic E-state index is 4.01. The molecular weight excluding hydrogens is 198 g/mol. The highest BCUT2D eigenvalue weighted by Crippen LogP contribution is 2.14. The van der Waals surface area contributed by atoms with Crippen LogP contribution < -0.4 is 5.32 Å². The molecule has 0 radical (unpaired) electrons. The summed E-state index contributed by atoms with van der Waals surface area (Å²) in [5, 5.41) is 3.48. The summed E-state index contributed by atoms with van der Waals surface area (Å²) < 4.78 is 0. The van der Waals surface area contributed by atoms with Crippen LogP contribution in [-0.2, 0) is 0 Å². The molecule has 0 bridgehead atoms.